The van der Waals surface area contributed by atoms with Crippen LogP contribution in [-0.4, -0.2) is 36.2 Å². The summed E-state index contributed by atoms with van der Waals surface area (Å²) in [6, 6.07) is 9.78. The number of anilines is 1. The van der Waals surface area contributed by atoms with Crippen molar-refractivity contribution < 1.29 is 4.79 Å². The molecule has 0 bridgehead atoms. The summed E-state index contributed by atoms with van der Waals surface area (Å²) in [5.74, 6) is 1.84. The minimum atomic E-state index is 0.0293. The lowest BCUT2D eigenvalue weighted by molar-refractivity contribution is -0.117. The number of carbonyl (C=O) groups excluding carboxylic acids is 1. The zero-order chi connectivity index (χ0) is 16.1. The molecule has 4 nitrogen and oxygen atoms in total. The quantitative estimate of drug-likeness (QED) is 0.667. The zero-order valence-corrected chi connectivity index (χ0v) is 13.9. The smallest absolute Gasteiger partial charge is 0.238 e. The van der Waals surface area contributed by atoms with E-state index in [1.807, 2.05) is 24.3 Å². The SMILES string of the molecule is N#CCSc1ccccc1NC(=O)CN1C[C@H]2CC=CC[C@@H]2C1. The summed E-state index contributed by atoms with van der Waals surface area (Å²) in [6.07, 6.45) is 6.84. The van der Waals surface area contributed by atoms with Crippen LogP contribution in [0.2, 0.25) is 0 Å². The number of rotatable bonds is 5. The second kappa shape index (κ2) is 7.67. The molecule has 0 saturated carbocycles. The highest BCUT2D eigenvalue weighted by atomic mass is 32.2. The third kappa shape index (κ3) is 4.15. The summed E-state index contributed by atoms with van der Waals surface area (Å²) >= 11 is 1.45. The molecule has 2 atom stereocenters. The van der Waals surface area contributed by atoms with Crippen LogP contribution in [0.4, 0.5) is 5.69 Å². The summed E-state index contributed by atoms with van der Waals surface area (Å²) < 4.78 is 0. The van der Waals surface area contributed by atoms with Crippen molar-refractivity contribution in [1.82, 2.24) is 4.90 Å². The molecule has 5 heteroatoms. The van der Waals surface area contributed by atoms with Crippen LogP contribution < -0.4 is 5.32 Å². The number of nitrogens with zero attached hydrogens (tertiary/aromatic N) is 2. The first-order valence-corrected chi connectivity index (χ1v) is 9.01. The van der Waals surface area contributed by atoms with Crippen molar-refractivity contribution in [2.24, 2.45) is 11.8 Å². The van der Waals surface area contributed by atoms with Gasteiger partial charge in [-0.1, -0.05) is 24.3 Å². The largest absolute Gasteiger partial charge is 0.324 e. The summed E-state index contributed by atoms with van der Waals surface area (Å²) in [5.41, 5.74) is 0.802. The van der Waals surface area contributed by atoms with Gasteiger partial charge >= 0.3 is 0 Å². The van der Waals surface area contributed by atoms with E-state index in [-0.39, 0.29) is 5.91 Å². The molecular formula is C18H21N3OS. The van der Waals surface area contributed by atoms with Gasteiger partial charge in [0.15, 0.2) is 0 Å². The van der Waals surface area contributed by atoms with Gasteiger partial charge in [0.2, 0.25) is 5.91 Å². The van der Waals surface area contributed by atoms with Gasteiger partial charge in [-0.05, 0) is 36.8 Å². The molecule has 1 aromatic carbocycles. The third-order valence-electron chi connectivity index (χ3n) is 4.52. The van der Waals surface area contributed by atoms with Crippen LogP contribution in [0.25, 0.3) is 0 Å². The maximum absolute atomic E-state index is 12.4. The fraction of sp³-hybridized carbons (Fsp3) is 0.444. The van der Waals surface area contributed by atoms with Crippen LogP contribution in [0, 0.1) is 23.2 Å². The van der Waals surface area contributed by atoms with E-state index in [0.717, 1.165) is 36.5 Å². The van der Waals surface area contributed by atoms with Crippen LogP contribution in [0.1, 0.15) is 12.8 Å². The van der Waals surface area contributed by atoms with Crippen LogP contribution in [0.3, 0.4) is 0 Å². The van der Waals surface area contributed by atoms with Crippen LogP contribution in [0.15, 0.2) is 41.3 Å². The van der Waals surface area contributed by atoms with Crippen LogP contribution in [-0.2, 0) is 4.79 Å². The first-order chi connectivity index (χ1) is 11.3. The van der Waals surface area contributed by atoms with Gasteiger partial charge in [-0.3, -0.25) is 9.69 Å². The summed E-state index contributed by atoms with van der Waals surface area (Å²) in [6.45, 7) is 2.49. The van der Waals surface area contributed by atoms with E-state index >= 15 is 0 Å². The highest BCUT2D eigenvalue weighted by molar-refractivity contribution is 7.99. The summed E-state index contributed by atoms with van der Waals surface area (Å²) in [5, 5.41) is 11.7. The lowest BCUT2D eigenvalue weighted by atomic mass is 9.86. The molecular weight excluding hydrogens is 306 g/mol. The Kier molecular flexibility index (Phi) is 5.37. The maximum atomic E-state index is 12.4. The average Bonchev–Trinajstić information content (AvgIpc) is 2.96. The molecule has 1 aliphatic heterocycles. The number of amides is 1. The predicted molar refractivity (Wildman–Crippen MR) is 93.2 cm³/mol. The predicted octanol–water partition coefficient (Wildman–Crippen LogP) is 3.14. The second-order valence-corrected chi connectivity index (χ2v) is 7.17. The molecule has 3 rings (SSSR count). The molecule has 1 N–H and O–H groups in total. The van der Waals surface area contributed by atoms with Gasteiger partial charge in [0.25, 0.3) is 0 Å². The first kappa shape index (κ1) is 16.1. The van der Waals surface area contributed by atoms with Crippen LogP contribution >= 0.6 is 11.8 Å². The van der Waals surface area contributed by atoms with Gasteiger partial charge < -0.3 is 5.32 Å². The minimum absolute atomic E-state index is 0.0293. The first-order valence-electron chi connectivity index (χ1n) is 8.02. The number of hydrogen-bond acceptors (Lipinski definition) is 4. The normalized spacial score (nSPS) is 23.3. The fourth-order valence-electron chi connectivity index (χ4n) is 3.44. The molecule has 0 aromatic heterocycles. The van der Waals surface area contributed by atoms with E-state index in [2.05, 4.69) is 28.4 Å². The highest BCUT2D eigenvalue weighted by Crippen LogP contribution is 2.32. The van der Waals surface area contributed by atoms with Crippen molar-refractivity contribution in [3.05, 3.63) is 36.4 Å². The number of benzene rings is 1. The fourth-order valence-corrected chi connectivity index (χ4v) is 4.11. The van der Waals surface area contributed by atoms with E-state index in [1.165, 1.54) is 11.8 Å². The molecule has 23 heavy (non-hydrogen) atoms. The van der Waals surface area contributed by atoms with Gasteiger partial charge in [-0.25, -0.2) is 0 Å². The van der Waals surface area contributed by atoms with Crippen molar-refractivity contribution in [1.29, 1.82) is 5.26 Å². The molecule has 0 radical (unpaired) electrons. The third-order valence-corrected chi connectivity index (χ3v) is 5.46. The molecule has 0 spiro atoms. The van der Waals surface area contributed by atoms with Gasteiger partial charge in [0.05, 0.1) is 24.1 Å². The molecule has 1 amide bonds. The lowest BCUT2D eigenvalue weighted by Crippen LogP contribution is -2.32. The number of hydrogen-bond donors (Lipinski definition) is 1. The molecule has 1 heterocycles. The standard InChI is InChI=1S/C18H21N3OS/c19-9-10-23-17-8-4-3-7-16(17)20-18(22)13-21-11-14-5-1-2-6-15(14)12-21/h1-4,7-8,14-15H,5-6,10-13H2,(H,20,22)/t14-,15-/m1/s1. The Morgan fingerprint density at radius 2 is 1.96 bits per heavy atom. The number of allylic oxidation sites excluding steroid dienone is 2. The molecule has 1 aromatic rings. The Bertz CT molecular complexity index is 621. The van der Waals surface area contributed by atoms with E-state index in [1.54, 1.807) is 0 Å². The molecule has 2 aliphatic rings. The molecule has 0 unspecified atom stereocenters. The Labute approximate surface area is 141 Å². The summed E-state index contributed by atoms with van der Waals surface area (Å²) in [4.78, 5) is 15.6. The van der Waals surface area contributed by atoms with Gasteiger partial charge in [-0.2, -0.15) is 5.26 Å². The second-order valence-electron chi connectivity index (χ2n) is 6.15. The molecule has 1 saturated heterocycles. The number of nitriles is 1. The Morgan fingerprint density at radius 1 is 1.26 bits per heavy atom. The van der Waals surface area contributed by atoms with Crippen molar-refractivity contribution in [3.8, 4) is 6.07 Å². The Balaban J connectivity index is 1.55. The van der Waals surface area contributed by atoms with Gasteiger partial charge in [0.1, 0.15) is 0 Å². The summed E-state index contributed by atoms with van der Waals surface area (Å²) in [7, 11) is 0. The van der Waals surface area contributed by atoms with Gasteiger partial charge in [-0.15, -0.1) is 11.8 Å². The Hall–Kier alpha value is -1.77. The van der Waals surface area contributed by atoms with Crippen LogP contribution in [0.5, 0.6) is 0 Å². The van der Waals surface area contributed by atoms with Crippen molar-refractivity contribution in [3.63, 3.8) is 0 Å². The number of nitrogens with one attached hydrogen (secondary N) is 1. The average molecular weight is 327 g/mol. The lowest BCUT2D eigenvalue weighted by Gasteiger charge is -2.18. The number of carbonyl (C=O) groups is 1. The molecule has 1 aliphatic carbocycles. The van der Waals surface area contributed by atoms with Crippen molar-refractivity contribution in [2.45, 2.75) is 17.7 Å². The molecule has 1 fully saturated rings. The van der Waals surface area contributed by atoms with E-state index < -0.39 is 0 Å². The van der Waals surface area contributed by atoms with Crippen molar-refractivity contribution in [2.75, 3.05) is 30.7 Å². The molecule has 120 valence electrons. The van der Waals surface area contributed by atoms with E-state index in [9.17, 15) is 4.79 Å². The Morgan fingerprint density at radius 3 is 2.65 bits per heavy atom. The monoisotopic (exact) mass is 327 g/mol. The zero-order valence-electron chi connectivity index (χ0n) is 13.1. The minimum Gasteiger partial charge on any atom is -0.324 e. The number of fused-ring (bicyclic) bond motifs is 1. The number of thioether (sulfide) groups is 1. The number of para-hydroxylation sites is 1. The van der Waals surface area contributed by atoms with Gasteiger partial charge in [0, 0.05) is 18.0 Å². The van der Waals surface area contributed by atoms with E-state index in [4.69, 9.17) is 5.26 Å². The van der Waals surface area contributed by atoms with Crippen molar-refractivity contribution >= 4 is 23.4 Å². The van der Waals surface area contributed by atoms with E-state index in [0.29, 0.717) is 24.1 Å². The topological polar surface area (TPSA) is 56.1 Å². The maximum Gasteiger partial charge on any atom is 0.238 e. The number of likely N-dealkylation sites (tertiary alicyclic amines) is 1. The highest BCUT2D eigenvalue weighted by Gasteiger charge is 2.33.